The summed E-state index contributed by atoms with van der Waals surface area (Å²) in [5.41, 5.74) is 5.57. The van der Waals surface area contributed by atoms with Gasteiger partial charge in [0.1, 0.15) is 0 Å². The average Bonchev–Trinajstić information content (AvgIpc) is 2.39. The molecular weight excluding hydrogens is 284 g/mol. The molecule has 0 fully saturated rings. The Kier molecular flexibility index (Phi) is 4.60. The number of hydrogen-bond acceptors (Lipinski definition) is 0. The predicted octanol–water partition coefficient (Wildman–Crippen LogP) is 5.02. The Hall–Kier alpha value is -1.08. The van der Waals surface area contributed by atoms with Crippen molar-refractivity contribution in [1.29, 1.82) is 0 Å². The molecule has 1 unspecified atom stereocenters. The molecule has 0 spiro atoms. The van der Waals surface area contributed by atoms with E-state index in [1.807, 2.05) is 0 Å². The first-order valence-corrected chi connectivity index (χ1v) is 7.50. The lowest BCUT2D eigenvalue weighted by Crippen LogP contribution is -2.06. The standard InChI is InChI=1S/C17H19Br/c1-13-7-9-15(10-8-13)11-16(12-18)17-6-4-3-5-14(17)2/h3-10,16H,11-12H2,1-2H3. The molecule has 0 aliphatic carbocycles. The van der Waals surface area contributed by atoms with Gasteiger partial charge in [0.25, 0.3) is 0 Å². The molecule has 0 amide bonds. The van der Waals surface area contributed by atoms with E-state index in [0.717, 1.165) is 11.8 Å². The van der Waals surface area contributed by atoms with Crippen LogP contribution in [0.4, 0.5) is 0 Å². The van der Waals surface area contributed by atoms with Gasteiger partial charge in [0.15, 0.2) is 0 Å². The van der Waals surface area contributed by atoms with Crippen molar-refractivity contribution >= 4 is 15.9 Å². The van der Waals surface area contributed by atoms with Gasteiger partial charge < -0.3 is 0 Å². The van der Waals surface area contributed by atoms with E-state index >= 15 is 0 Å². The van der Waals surface area contributed by atoms with Gasteiger partial charge >= 0.3 is 0 Å². The first-order chi connectivity index (χ1) is 8.70. The summed E-state index contributed by atoms with van der Waals surface area (Å²) in [7, 11) is 0. The second-order valence-corrected chi connectivity index (χ2v) is 5.55. The summed E-state index contributed by atoms with van der Waals surface area (Å²) in [6.07, 6.45) is 1.09. The molecule has 2 rings (SSSR count). The van der Waals surface area contributed by atoms with E-state index in [1.54, 1.807) is 0 Å². The van der Waals surface area contributed by atoms with E-state index in [1.165, 1.54) is 22.3 Å². The Balaban J connectivity index is 2.20. The van der Waals surface area contributed by atoms with E-state index in [2.05, 4.69) is 78.3 Å². The van der Waals surface area contributed by atoms with Crippen LogP contribution in [0.5, 0.6) is 0 Å². The quantitative estimate of drug-likeness (QED) is 0.695. The van der Waals surface area contributed by atoms with Crippen LogP contribution in [0.25, 0.3) is 0 Å². The lowest BCUT2D eigenvalue weighted by atomic mass is 9.90. The minimum absolute atomic E-state index is 0.550. The van der Waals surface area contributed by atoms with Crippen molar-refractivity contribution in [2.24, 2.45) is 0 Å². The fourth-order valence-electron chi connectivity index (χ4n) is 2.30. The van der Waals surface area contributed by atoms with Crippen molar-refractivity contribution in [2.75, 3.05) is 5.33 Å². The average molecular weight is 303 g/mol. The molecule has 0 N–H and O–H groups in total. The maximum Gasteiger partial charge on any atom is 0.0103 e. The van der Waals surface area contributed by atoms with Crippen LogP contribution in [0.15, 0.2) is 48.5 Å². The zero-order valence-electron chi connectivity index (χ0n) is 11.0. The van der Waals surface area contributed by atoms with Gasteiger partial charge in [-0.05, 0) is 42.9 Å². The third-order valence-electron chi connectivity index (χ3n) is 3.42. The number of halogens is 1. The highest BCUT2D eigenvalue weighted by Gasteiger charge is 2.12. The van der Waals surface area contributed by atoms with Gasteiger partial charge in [-0.25, -0.2) is 0 Å². The Labute approximate surface area is 118 Å². The van der Waals surface area contributed by atoms with Gasteiger partial charge in [0.05, 0.1) is 0 Å². The van der Waals surface area contributed by atoms with Crippen molar-refractivity contribution < 1.29 is 0 Å². The molecule has 0 heterocycles. The molecule has 0 aromatic heterocycles. The molecule has 0 saturated carbocycles. The topological polar surface area (TPSA) is 0 Å². The van der Waals surface area contributed by atoms with Crippen LogP contribution in [-0.4, -0.2) is 5.33 Å². The smallest absolute Gasteiger partial charge is 0.0103 e. The van der Waals surface area contributed by atoms with E-state index in [0.29, 0.717) is 5.92 Å². The Morgan fingerprint density at radius 3 is 2.22 bits per heavy atom. The van der Waals surface area contributed by atoms with Crippen molar-refractivity contribution in [3.05, 3.63) is 70.8 Å². The highest BCUT2D eigenvalue weighted by atomic mass is 79.9. The largest absolute Gasteiger partial charge is 0.0921 e. The van der Waals surface area contributed by atoms with Crippen LogP contribution in [0.3, 0.4) is 0 Å². The summed E-state index contributed by atoms with van der Waals surface area (Å²) in [6, 6.07) is 17.5. The van der Waals surface area contributed by atoms with Crippen LogP contribution in [-0.2, 0) is 6.42 Å². The summed E-state index contributed by atoms with van der Waals surface area (Å²) in [4.78, 5) is 0. The molecule has 0 aliphatic heterocycles. The van der Waals surface area contributed by atoms with Gasteiger partial charge in [-0.1, -0.05) is 70.0 Å². The molecule has 18 heavy (non-hydrogen) atoms. The zero-order valence-corrected chi connectivity index (χ0v) is 12.6. The summed E-state index contributed by atoms with van der Waals surface area (Å²) in [5.74, 6) is 0.550. The van der Waals surface area contributed by atoms with Crippen molar-refractivity contribution in [2.45, 2.75) is 26.2 Å². The fourth-order valence-corrected chi connectivity index (χ4v) is 2.88. The number of hydrogen-bond donors (Lipinski definition) is 0. The Bertz CT molecular complexity index is 499. The lowest BCUT2D eigenvalue weighted by Gasteiger charge is -2.17. The minimum atomic E-state index is 0.550. The van der Waals surface area contributed by atoms with Crippen LogP contribution in [0, 0.1) is 13.8 Å². The Morgan fingerprint density at radius 1 is 0.944 bits per heavy atom. The molecule has 2 aromatic carbocycles. The molecule has 0 bridgehead atoms. The van der Waals surface area contributed by atoms with Gasteiger partial charge in [0, 0.05) is 5.33 Å². The minimum Gasteiger partial charge on any atom is -0.0921 e. The van der Waals surface area contributed by atoms with E-state index < -0.39 is 0 Å². The van der Waals surface area contributed by atoms with E-state index in [4.69, 9.17) is 0 Å². The number of alkyl halides is 1. The molecule has 1 heteroatoms. The third kappa shape index (κ3) is 3.23. The first kappa shape index (κ1) is 13.4. The van der Waals surface area contributed by atoms with Crippen LogP contribution >= 0.6 is 15.9 Å². The van der Waals surface area contributed by atoms with Crippen molar-refractivity contribution in [3.8, 4) is 0 Å². The Morgan fingerprint density at radius 2 is 1.61 bits per heavy atom. The molecule has 0 aliphatic rings. The lowest BCUT2D eigenvalue weighted by molar-refractivity contribution is 0.769. The van der Waals surface area contributed by atoms with Gasteiger partial charge in [-0.15, -0.1) is 0 Å². The molecule has 94 valence electrons. The monoisotopic (exact) mass is 302 g/mol. The number of benzene rings is 2. The molecule has 0 radical (unpaired) electrons. The van der Waals surface area contributed by atoms with E-state index in [9.17, 15) is 0 Å². The van der Waals surface area contributed by atoms with Gasteiger partial charge in [0.2, 0.25) is 0 Å². The SMILES string of the molecule is Cc1ccc(CC(CBr)c2ccccc2C)cc1. The third-order valence-corrected chi connectivity index (χ3v) is 4.20. The molecule has 0 saturated heterocycles. The molecule has 0 nitrogen and oxygen atoms in total. The van der Waals surface area contributed by atoms with Gasteiger partial charge in [-0.3, -0.25) is 0 Å². The van der Waals surface area contributed by atoms with Crippen LogP contribution in [0.1, 0.15) is 28.2 Å². The second-order valence-electron chi connectivity index (χ2n) is 4.90. The van der Waals surface area contributed by atoms with E-state index in [-0.39, 0.29) is 0 Å². The summed E-state index contributed by atoms with van der Waals surface area (Å²) < 4.78 is 0. The maximum absolute atomic E-state index is 3.66. The number of aryl methyl sites for hydroxylation is 2. The second kappa shape index (κ2) is 6.19. The highest BCUT2D eigenvalue weighted by Crippen LogP contribution is 2.25. The van der Waals surface area contributed by atoms with Crippen molar-refractivity contribution in [1.82, 2.24) is 0 Å². The fraction of sp³-hybridized carbons (Fsp3) is 0.294. The summed E-state index contributed by atoms with van der Waals surface area (Å²) >= 11 is 3.66. The summed E-state index contributed by atoms with van der Waals surface area (Å²) in [6.45, 7) is 4.33. The normalized spacial score (nSPS) is 12.4. The predicted molar refractivity (Wildman–Crippen MR) is 82.6 cm³/mol. The van der Waals surface area contributed by atoms with Crippen molar-refractivity contribution in [3.63, 3.8) is 0 Å². The maximum atomic E-state index is 3.66. The molecule has 2 aromatic rings. The van der Waals surface area contributed by atoms with Crippen LogP contribution < -0.4 is 0 Å². The molecule has 1 atom stereocenters. The number of rotatable bonds is 4. The summed E-state index contributed by atoms with van der Waals surface area (Å²) in [5, 5.41) is 1.01. The van der Waals surface area contributed by atoms with Crippen LogP contribution in [0.2, 0.25) is 0 Å². The first-order valence-electron chi connectivity index (χ1n) is 6.37. The highest BCUT2D eigenvalue weighted by molar-refractivity contribution is 9.09. The zero-order chi connectivity index (χ0) is 13.0. The van der Waals surface area contributed by atoms with Gasteiger partial charge in [-0.2, -0.15) is 0 Å². The molecular formula is C17H19Br.